The van der Waals surface area contributed by atoms with Gasteiger partial charge in [0.2, 0.25) is 5.91 Å². The Morgan fingerprint density at radius 2 is 1.77 bits per heavy atom. The van der Waals surface area contributed by atoms with Gasteiger partial charge in [-0.25, -0.2) is 4.98 Å². The maximum atomic E-state index is 12.5. The van der Waals surface area contributed by atoms with Crippen molar-refractivity contribution in [1.29, 1.82) is 5.26 Å². The first-order valence-corrected chi connectivity index (χ1v) is 10.3. The lowest BCUT2D eigenvalue weighted by molar-refractivity contribution is -0.117. The summed E-state index contributed by atoms with van der Waals surface area (Å²) < 4.78 is 5.39. The number of pyridine rings is 1. The molecule has 1 aromatic heterocycles. The molecular weight excluding hydrogens is 380 g/mol. The normalized spacial score (nSPS) is 17.4. The number of nitriles is 1. The minimum atomic E-state index is -0.0156. The Morgan fingerprint density at radius 1 is 1.03 bits per heavy atom. The first kappa shape index (κ1) is 20.1. The SMILES string of the molecule is N#Cc1cccnc1N1CCN(CC(=O)Nc2ccc(N3CCOCC3)cc2)CC1. The Morgan fingerprint density at radius 3 is 2.47 bits per heavy atom. The molecule has 0 saturated carbocycles. The summed E-state index contributed by atoms with van der Waals surface area (Å²) in [5.41, 5.74) is 2.55. The minimum absolute atomic E-state index is 0.0156. The predicted molar refractivity (Wildman–Crippen MR) is 116 cm³/mol. The van der Waals surface area contributed by atoms with Gasteiger partial charge in [0, 0.05) is 56.8 Å². The summed E-state index contributed by atoms with van der Waals surface area (Å²) in [5, 5.41) is 12.3. The Kier molecular flexibility index (Phi) is 6.42. The fourth-order valence-electron chi connectivity index (χ4n) is 3.83. The monoisotopic (exact) mass is 406 g/mol. The molecule has 0 atom stereocenters. The molecule has 0 unspecified atom stereocenters. The molecule has 1 amide bonds. The van der Waals surface area contributed by atoms with E-state index in [-0.39, 0.29) is 5.91 Å². The van der Waals surface area contributed by atoms with Gasteiger partial charge >= 0.3 is 0 Å². The molecule has 1 aromatic carbocycles. The molecule has 0 spiro atoms. The van der Waals surface area contributed by atoms with Crippen molar-refractivity contribution in [3.8, 4) is 6.07 Å². The molecule has 3 heterocycles. The van der Waals surface area contributed by atoms with Crippen molar-refractivity contribution in [3.05, 3.63) is 48.2 Å². The summed E-state index contributed by atoms with van der Waals surface area (Å²) in [6.45, 7) is 6.65. The van der Waals surface area contributed by atoms with Gasteiger partial charge in [-0.15, -0.1) is 0 Å². The molecular formula is C22H26N6O2. The standard InChI is InChI=1S/C22H26N6O2/c23-16-18-2-1-7-24-22(18)28-10-8-26(9-11-28)17-21(29)25-19-3-5-20(6-4-19)27-12-14-30-15-13-27/h1-7H,8-15,17H2,(H,25,29). The summed E-state index contributed by atoms with van der Waals surface area (Å²) in [4.78, 5) is 23.3. The molecule has 2 aliphatic heterocycles. The number of piperazine rings is 1. The Hall–Kier alpha value is -3.15. The number of aromatic nitrogens is 1. The van der Waals surface area contributed by atoms with Gasteiger partial charge in [-0.3, -0.25) is 9.69 Å². The summed E-state index contributed by atoms with van der Waals surface area (Å²) in [5.74, 6) is 0.711. The Balaban J connectivity index is 1.25. The first-order valence-electron chi connectivity index (χ1n) is 10.3. The largest absolute Gasteiger partial charge is 0.378 e. The summed E-state index contributed by atoms with van der Waals surface area (Å²) >= 11 is 0. The second kappa shape index (κ2) is 9.57. The van der Waals surface area contributed by atoms with Crippen molar-refractivity contribution in [2.45, 2.75) is 0 Å². The minimum Gasteiger partial charge on any atom is -0.378 e. The average molecular weight is 406 g/mol. The van der Waals surface area contributed by atoms with Crippen LogP contribution < -0.4 is 15.1 Å². The van der Waals surface area contributed by atoms with E-state index in [2.05, 4.69) is 31.1 Å². The molecule has 0 aliphatic carbocycles. The number of amides is 1. The molecule has 4 rings (SSSR count). The fraction of sp³-hybridized carbons (Fsp3) is 0.409. The maximum absolute atomic E-state index is 12.5. The molecule has 2 aromatic rings. The van der Waals surface area contributed by atoms with Crippen LogP contribution in [0.2, 0.25) is 0 Å². The average Bonchev–Trinajstić information content (AvgIpc) is 2.80. The van der Waals surface area contributed by atoms with Crippen LogP contribution in [0.15, 0.2) is 42.6 Å². The van der Waals surface area contributed by atoms with Crippen LogP contribution in [0.1, 0.15) is 5.56 Å². The first-order chi connectivity index (χ1) is 14.7. The van der Waals surface area contributed by atoms with Crippen LogP contribution in [0.4, 0.5) is 17.2 Å². The highest BCUT2D eigenvalue weighted by atomic mass is 16.5. The molecule has 0 bridgehead atoms. The molecule has 2 aliphatic rings. The Bertz CT molecular complexity index is 897. The van der Waals surface area contributed by atoms with Crippen LogP contribution in [-0.2, 0) is 9.53 Å². The van der Waals surface area contributed by atoms with Gasteiger partial charge in [0.15, 0.2) is 0 Å². The van der Waals surface area contributed by atoms with E-state index < -0.39 is 0 Å². The van der Waals surface area contributed by atoms with E-state index in [0.717, 1.165) is 69.7 Å². The van der Waals surface area contributed by atoms with E-state index >= 15 is 0 Å². The number of hydrogen-bond donors (Lipinski definition) is 1. The lowest BCUT2D eigenvalue weighted by Crippen LogP contribution is -2.49. The van der Waals surface area contributed by atoms with Crippen molar-refractivity contribution in [2.24, 2.45) is 0 Å². The number of anilines is 3. The molecule has 8 nitrogen and oxygen atoms in total. The third-order valence-electron chi connectivity index (χ3n) is 5.47. The van der Waals surface area contributed by atoms with Crippen LogP contribution in [-0.4, -0.2) is 74.8 Å². The highest BCUT2D eigenvalue weighted by Gasteiger charge is 2.21. The van der Waals surface area contributed by atoms with Gasteiger partial charge in [-0.1, -0.05) is 0 Å². The number of nitrogens with zero attached hydrogens (tertiary/aromatic N) is 5. The Labute approximate surface area is 176 Å². The lowest BCUT2D eigenvalue weighted by atomic mass is 10.2. The number of carbonyl (C=O) groups excluding carboxylic acids is 1. The van der Waals surface area contributed by atoms with Crippen LogP contribution in [0.5, 0.6) is 0 Å². The molecule has 2 saturated heterocycles. The summed E-state index contributed by atoms with van der Waals surface area (Å²) in [7, 11) is 0. The third-order valence-corrected chi connectivity index (χ3v) is 5.47. The van der Waals surface area contributed by atoms with Gasteiger partial charge in [-0.2, -0.15) is 5.26 Å². The number of nitrogens with one attached hydrogen (secondary N) is 1. The number of benzene rings is 1. The van der Waals surface area contributed by atoms with E-state index in [1.54, 1.807) is 18.3 Å². The molecule has 30 heavy (non-hydrogen) atoms. The molecule has 156 valence electrons. The summed E-state index contributed by atoms with van der Waals surface area (Å²) in [6, 6.07) is 13.7. The van der Waals surface area contributed by atoms with Crippen molar-refractivity contribution in [2.75, 3.05) is 74.1 Å². The van der Waals surface area contributed by atoms with Gasteiger partial charge < -0.3 is 19.9 Å². The highest BCUT2D eigenvalue weighted by molar-refractivity contribution is 5.92. The van der Waals surface area contributed by atoms with Crippen molar-refractivity contribution in [3.63, 3.8) is 0 Å². The molecule has 8 heteroatoms. The highest BCUT2D eigenvalue weighted by Crippen LogP contribution is 2.20. The number of ether oxygens (including phenoxy) is 1. The quantitative estimate of drug-likeness (QED) is 0.806. The van der Waals surface area contributed by atoms with E-state index in [9.17, 15) is 10.1 Å². The van der Waals surface area contributed by atoms with E-state index in [4.69, 9.17) is 4.74 Å². The number of morpholine rings is 1. The maximum Gasteiger partial charge on any atom is 0.238 e. The molecule has 0 radical (unpaired) electrons. The number of carbonyl (C=O) groups is 1. The van der Waals surface area contributed by atoms with Crippen LogP contribution >= 0.6 is 0 Å². The third kappa shape index (κ3) is 4.87. The van der Waals surface area contributed by atoms with Gasteiger partial charge in [0.1, 0.15) is 11.9 Å². The number of hydrogen-bond acceptors (Lipinski definition) is 7. The van der Waals surface area contributed by atoms with Crippen LogP contribution in [0.25, 0.3) is 0 Å². The van der Waals surface area contributed by atoms with Gasteiger partial charge in [0.05, 0.1) is 25.3 Å². The van der Waals surface area contributed by atoms with E-state index in [0.29, 0.717) is 12.1 Å². The van der Waals surface area contributed by atoms with Gasteiger partial charge in [-0.05, 0) is 36.4 Å². The second-order valence-electron chi connectivity index (χ2n) is 7.44. The van der Waals surface area contributed by atoms with Crippen LogP contribution in [0, 0.1) is 11.3 Å². The van der Waals surface area contributed by atoms with Gasteiger partial charge in [0.25, 0.3) is 0 Å². The zero-order chi connectivity index (χ0) is 20.8. The van der Waals surface area contributed by atoms with E-state index in [1.165, 1.54) is 0 Å². The zero-order valence-electron chi connectivity index (χ0n) is 17.0. The number of rotatable bonds is 5. The topological polar surface area (TPSA) is 84.7 Å². The van der Waals surface area contributed by atoms with Crippen LogP contribution in [0.3, 0.4) is 0 Å². The zero-order valence-corrected chi connectivity index (χ0v) is 17.0. The molecule has 1 N–H and O–H groups in total. The van der Waals surface area contributed by atoms with Crippen molar-refractivity contribution < 1.29 is 9.53 Å². The van der Waals surface area contributed by atoms with E-state index in [1.807, 2.05) is 24.3 Å². The lowest BCUT2D eigenvalue weighted by Gasteiger charge is -2.35. The van der Waals surface area contributed by atoms with Crippen molar-refractivity contribution >= 4 is 23.1 Å². The van der Waals surface area contributed by atoms with Crippen molar-refractivity contribution in [1.82, 2.24) is 9.88 Å². The fourth-order valence-corrected chi connectivity index (χ4v) is 3.83. The second-order valence-corrected chi connectivity index (χ2v) is 7.44. The molecule has 2 fully saturated rings. The summed E-state index contributed by atoms with van der Waals surface area (Å²) in [6.07, 6.45) is 1.71. The smallest absolute Gasteiger partial charge is 0.238 e. The predicted octanol–water partition coefficient (Wildman–Crippen LogP) is 1.55.